The molecule has 1 fully saturated rings. The number of ether oxygens (including phenoxy) is 2. The molecule has 0 spiro atoms. The lowest BCUT2D eigenvalue weighted by Gasteiger charge is -2.36. The Morgan fingerprint density at radius 3 is 2.21 bits per heavy atom. The maximum absolute atomic E-state index is 16.0. The highest BCUT2D eigenvalue weighted by molar-refractivity contribution is 7.89. The van der Waals surface area contributed by atoms with E-state index in [0.717, 1.165) is 42.9 Å². The Hall–Kier alpha value is -3.64. The summed E-state index contributed by atoms with van der Waals surface area (Å²) in [6.07, 6.45) is 6.99. The molecule has 1 aliphatic heterocycles. The molecule has 1 saturated heterocycles. The van der Waals surface area contributed by atoms with Gasteiger partial charge in [-0.15, -0.1) is 0 Å². The number of halogens is 1. The molecule has 0 radical (unpaired) electrons. The normalized spacial score (nSPS) is 15.3. The topological polar surface area (TPSA) is 113 Å². The fourth-order valence-electron chi connectivity index (χ4n) is 5.79. The van der Waals surface area contributed by atoms with Crippen molar-refractivity contribution in [1.29, 1.82) is 0 Å². The molecule has 2 N–H and O–H groups in total. The van der Waals surface area contributed by atoms with Crippen LogP contribution >= 0.6 is 0 Å². The SMILES string of the molecule is CCC(c1cccc(-c2cn(-c3ccc(N4CCC(C(OC)OC)CC4)cc3)nc2-c2ccncc2)c1F)S(N)(=O)=O. The first-order valence-electron chi connectivity index (χ1n) is 14.0. The summed E-state index contributed by atoms with van der Waals surface area (Å²) in [6.45, 7) is 3.47. The Labute approximate surface area is 246 Å². The van der Waals surface area contributed by atoms with Crippen LogP contribution in [0.15, 0.2) is 73.2 Å². The monoisotopic (exact) mass is 593 g/mol. The van der Waals surface area contributed by atoms with E-state index >= 15 is 4.39 Å². The number of nitrogens with zero attached hydrogens (tertiary/aromatic N) is 4. The van der Waals surface area contributed by atoms with Crippen LogP contribution < -0.4 is 10.0 Å². The summed E-state index contributed by atoms with van der Waals surface area (Å²) in [7, 11) is -0.642. The van der Waals surface area contributed by atoms with Crippen molar-refractivity contribution in [2.45, 2.75) is 37.7 Å². The standard InChI is InChI=1S/C31H36FN5O4S/c1-4-28(42(33,38)39)26-7-5-6-25(29(26)32)27-20-37(35-30(27)21-12-16-34-17-13-21)24-10-8-23(9-11-24)36-18-14-22(15-19-36)31(40-2)41-3/h5-13,16-17,20,22,28,31H,4,14-15,18-19H2,1-3H3,(H2,33,38,39). The number of anilines is 1. The van der Waals surface area contributed by atoms with Crippen molar-refractivity contribution in [2.24, 2.45) is 11.1 Å². The molecular weight excluding hydrogens is 557 g/mol. The van der Waals surface area contributed by atoms with E-state index in [1.165, 1.54) is 6.07 Å². The van der Waals surface area contributed by atoms with Crippen LogP contribution in [0.4, 0.5) is 10.1 Å². The number of benzene rings is 2. The van der Waals surface area contributed by atoms with Gasteiger partial charge in [-0.3, -0.25) is 4.98 Å². The van der Waals surface area contributed by atoms with Crippen LogP contribution in [0.25, 0.3) is 28.1 Å². The lowest BCUT2D eigenvalue weighted by atomic mass is 9.95. The quantitative estimate of drug-likeness (QED) is 0.248. The predicted molar refractivity (Wildman–Crippen MR) is 161 cm³/mol. The molecule has 222 valence electrons. The lowest BCUT2D eigenvalue weighted by Crippen LogP contribution is -2.39. The zero-order valence-corrected chi connectivity index (χ0v) is 24.8. The van der Waals surface area contributed by atoms with Crippen molar-refractivity contribution < 1.29 is 22.3 Å². The average molecular weight is 594 g/mol. The minimum atomic E-state index is -4.00. The number of hydrogen-bond acceptors (Lipinski definition) is 7. The van der Waals surface area contributed by atoms with Gasteiger partial charge in [-0.1, -0.05) is 25.1 Å². The highest BCUT2D eigenvalue weighted by atomic mass is 32.2. The van der Waals surface area contributed by atoms with Crippen molar-refractivity contribution in [3.05, 3.63) is 84.6 Å². The number of sulfonamides is 1. The molecule has 2 aromatic carbocycles. The van der Waals surface area contributed by atoms with E-state index in [4.69, 9.17) is 19.7 Å². The van der Waals surface area contributed by atoms with Crippen LogP contribution in [-0.4, -0.2) is 56.8 Å². The number of nitrogens with two attached hydrogens (primary N) is 1. The summed E-state index contributed by atoms with van der Waals surface area (Å²) >= 11 is 0. The van der Waals surface area contributed by atoms with Gasteiger partial charge in [0.2, 0.25) is 10.0 Å². The number of pyridine rings is 1. The molecule has 0 saturated carbocycles. The van der Waals surface area contributed by atoms with Crippen molar-refractivity contribution in [2.75, 3.05) is 32.2 Å². The molecular formula is C31H36FN5O4S. The molecule has 1 aliphatic rings. The smallest absolute Gasteiger partial charge is 0.216 e. The van der Waals surface area contributed by atoms with Crippen LogP contribution in [0.5, 0.6) is 0 Å². The second-order valence-corrected chi connectivity index (χ2v) is 12.2. The molecule has 1 atom stereocenters. The molecule has 0 aliphatic carbocycles. The first kappa shape index (κ1) is 29.8. The van der Waals surface area contributed by atoms with Gasteiger partial charge in [-0.05, 0) is 55.7 Å². The van der Waals surface area contributed by atoms with E-state index in [1.807, 2.05) is 24.3 Å². The molecule has 42 heavy (non-hydrogen) atoms. The van der Waals surface area contributed by atoms with Gasteiger partial charge in [0.05, 0.1) is 5.69 Å². The average Bonchev–Trinajstić information content (AvgIpc) is 3.45. The molecule has 4 aromatic rings. The van der Waals surface area contributed by atoms with Crippen LogP contribution in [0.2, 0.25) is 0 Å². The van der Waals surface area contributed by atoms with E-state index in [9.17, 15) is 8.42 Å². The van der Waals surface area contributed by atoms with Gasteiger partial charge >= 0.3 is 0 Å². The van der Waals surface area contributed by atoms with Crippen LogP contribution in [0.3, 0.4) is 0 Å². The molecule has 11 heteroatoms. The van der Waals surface area contributed by atoms with Gasteiger partial charge < -0.3 is 14.4 Å². The van der Waals surface area contributed by atoms with Gasteiger partial charge in [-0.2, -0.15) is 5.10 Å². The van der Waals surface area contributed by atoms with E-state index in [1.54, 1.807) is 56.5 Å². The Bertz CT molecular complexity index is 1600. The number of methoxy groups -OCH3 is 2. The first-order chi connectivity index (χ1) is 20.2. The molecule has 2 aromatic heterocycles. The van der Waals surface area contributed by atoms with Gasteiger partial charge in [0, 0.05) is 79.8 Å². The maximum atomic E-state index is 16.0. The maximum Gasteiger partial charge on any atom is 0.216 e. The Kier molecular flexibility index (Phi) is 9.02. The van der Waals surface area contributed by atoms with E-state index in [2.05, 4.69) is 22.0 Å². The van der Waals surface area contributed by atoms with Crippen LogP contribution in [0.1, 0.15) is 37.0 Å². The van der Waals surface area contributed by atoms with Crippen LogP contribution in [-0.2, 0) is 19.5 Å². The molecule has 0 bridgehead atoms. The van der Waals surface area contributed by atoms with Crippen molar-refractivity contribution in [3.8, 4) is 28.1 Å². The number of hydrogen-bond donors (Lipinski definition) is 1. The molecule has 5 rings (SSSR count). The summed E-state index contributed by atoms with van der Waals surface area (Å²) in [5, 5.41) is 9.14. The second-order valence-electron chi connectivity index (χ2n) is 10.4. The Morgan fingerprint density at radius 2 is 1.62 bits per heavy atom. The predicted octanol–water partition coefficient (Wildman–Crippen LogP) is 5.32. The summed E-state index contributed by atoms with van der Waals surface area (Å²) in [5.41, 5.74) is 4.04. The summed E-state index contributed by atoms with van der Waals surface area (Å²) < 4.78 is 53.1. The summed E-state index contributed by atoms with van der Waals surface area (Å²) in [6, 6.07) is 16.5. The van der Waals surface area contributed by atoms with Crippen molar-refractivity contribution in [1.82, 2.24) is 14.8 Å². The summed E-state index contributed by atoms with van der Waals surface area (Å²) in [4.78, 5) is 6.44. The number of primary sulfonamides is 1. The first-order valence-corrected chi connectivity index (χ1v) is 15.6. The zero-order valence-electron chi connectivity index (χ0n) is 24.0. The van der Waals surface area contributed by atoms with Gasteiger partial charge in [0.25, 0.3) is 0 Å². The number of piperidine rings is 1. The van der Waals surface area contributed by atoms with Gasteiger partial charge in [-0.25, -0.2) is 22.6 Å². The van der Waals surface area contributed by atoms with E-state index < -0.39 is 21.1 Å². The largest absolute Gasteiger partial charge is 0.372 e. The summed E-state index contributed by atoms with van der Waals surface area (Å²) in [5.74, 6) is -0.266. The number of rotatable bonds is 10. The van der Waals surface area contributed by atoms with E-state index in [-0.39, 0.29) is 23.8 Å². The highest BCUT2D eigenvalue weighted by Gasteiger charge is 2.28. The fraction of sp³-hybridized carbons (Fsp3) is 0.355. The molecule has 9 nitrogen and oxygen atoms in total. The highest BCUT2D eigenvalue weighted by Crippen LogP contribution is 2.37. The molecule has 1 unspecified atom stereocenters. The second kappa shape index (κ2) is 12.7. The third kappa shape index (κ3) is 6.10. The molecule has 0 amide bonds. The Balaban J connectivity index is 1.48. The third-order valence-electron chi connectivity index (χ3n) is 7.97. The van der Waals surface area contributed by atoms with Crippen molar-refractivity contribution in [3.63, 3.8) is 0 Å². The van der Waals surface area contributed by atoms with Gasteiger partial charge in [0.1, 0.15) is 16.8 Å². The van der Waals surface area contributed by atoms with E-state index in [0.29, 0.717) is 17.2 Å². The number of aromatic nitrogens is 3. The third-order valence-corrected chi connectivity index (χ3v) is 9.35. The lowest BCUT2D eigenvalue weighted by molar-refractivity contribution is -0.141. The fourth-order valence-corrected chi connectivity index (χ4v) is 6.79. The van der Waals surface area contributed by atoms with Crippen molar-refractivity contribution >= 4 is 15.7 Å². The molecule has 3 heterocycles. The Morgan fingerprint density at radius 1 is 0.976 bits per heavy atom. The van der Waals surface area contributed by atoms with Crippen LogP contribution in [0, 0.1) is 11.7 Å². The minimum absolute atomic E-state index is 0.0429. The van der Waals surface area contributed by atoms with Gasteiger partial charge in [0.15, 0.2) is 6.29 Å². The minimum Gasteiger partial charge on any atom is -0.372 e. The zero-order chi connectivity index (χ0) is 29.9.